The molecular weight excluding hydrogens is 218 g/mol. The lowest BCUT2D eigenvalue weighted by atomic mass is 10.3. The van der Waals surface area contributed by atoms with Crippen molar-refractivity contribution < 1.29 is 4.79 Å². The second-order valence-electron chi connectivity index (χ2n) is 3.70. The lowest BCUT2D eigenvalue weighted by Gasteiger charge is -2.14. The highest BCUT2D eigenvalue weighted by Gasteiger charge is 2.13. The summed E-state index contributed by atoms with van der Waals surface area (Å²) in [6, 6.07) is 1.52. The van der Waals surface area contributed by atoms with Gasteiger partial charge in [0.05, 0.1) is 6.20 Å². The Kier molecular flexibility index (Phi) is 3.22. The molecule has 0 radical (unpaired) electrons. The van der Waals surface area contributed by atoms with Crippen LogP contribution in [0, 0.1) is 0 Å². The minimum Gasteiger partial charge on any atom is -0.357 e. The molecule has 0 aromatic carbocycles. The maximum atomic E-state index is 11.6. The smallest absolute Gasteiger partial charge is 0.242 e. The summed E-state index contributed by atoms with van der Waals surface area (Å²) in [4.78, 5) is 15.8. The molecule has 0 saturated carbocycles. The molecule has 2 heterocycles. The van der Waals surface area contributed by atoms with Crippen LogP contribution >= 0.6 is 0 Å². The largest absolute Gasteiger partial charge is 0.357 e. The number of amides is 1. The van der Waals surface area contributed by atoms with Crippen molar-refractivity contribution in [1.82, 2.24) is 19.9 Å². The van der Waals surface area contributed by atoms with Crippen molar-refractivity contribution in [2.75, 3.05) is 11.9 Å². The van der Waals surface area contributed by atoms with Gasteiger partial charge >= 0.3 is 0 Å². The molecule has 1 unspecified atom stereocenters. The van der Waals surface area contributed by atoms with Crippen LogP contribution in [0.15, 0.2) is 24.7 Å². The van der Waals surface area contributed by atoms with Crippen LogP contribution in [0.3, 0.4) is 0 Å². The molecule has 0 saturated heterocycles. The third kappa shape index (κ3) is 2.35. The first-order valence-electron chi connectivity index (χ1n) is 5.55. The van der Waals surface area contributed by atoms with Gasteiger partial charge in [0.1, 0.15) is 11.6 Å². The average Bonchev–Trinajstić information content (AvgIpc) is 2.78. The number of likely N-dealkylation sites (N-methyl/N-ethyl adjacent to an activating group) is 1. The van der Waals surface area contributed by atoms with Crippen LogP contribution in [0.2, 0.25) is 0 Å². The quantitative estimate of drug-likeness (QED) is 0.814. The van der Waals surface area contributed by atoms with Gasteiger partial charge in [-0.25, -0.2) is 9.50 Å². The number of hydrogen-bond donors (Lipinski definition) is 2. The normalized spacial score (nSPS) is 12.4. The fourth-order valence-corrected chi connectivity index (χ4v) is 1.57. The standard InChI is InChI=1S/C11H15N5O/c1-3-12-11(17)8(2)15-10-9-4-5-14-16(9)7-6-13-10/h4-8H,3H2,1-2H3,(H,12,17)(H,13,15). The van der Waals surface area contributed by atoms with E-state index in [1.165, 1.54) is 0 Å². The predicted molar refractivity (Wildman–Crippen MR) is 64.8 cm³/mol. The van der Waals surface area contributed by atoms with E-state index in [-0.39, 0.29) is 11.9 Å². The summed E-state index contributed by atoms with van der Waals surface area (Å²) >= 11 is 0. The highest BCUT2D eigenvalue weighted by atomic mass is 16.2. The summed E-state index contributed by atoms with van der Waals surface area (Å²) in [6.45, 7) is 4.31. The Morgan fingerprint density at radius 1 is 1.53 bits per heavy atom. The fourth-order valence-electron chi connectivity index (χ4n) is 1.57. The van der Waals surface area contributed by atoms with Crippen molar-refractivity contribution in [2.24, 2.45) is 0 Å². The molecule has 2 aromatic rings. The van der Waals surface area contributed by atoms with Crippen molar-refractivity contribution in [2.45, 2.75) is 19.9 Å². The van der Waals surface area contributed by atoms with Gasteiger partial charge in [0.15, 0.2) is 5.82 Å². The van der Waals surface area contributed by atoms with E-state index in [0.717, 1.165) is 5.52 Å². The van der Waals surface area contributed by atoms with E-state index >= 15 is 0 Å². The number of carbonyl (C=O) groups excluding carboxylic acids is 1. The van der Waals surface area contributed by atoms with Crippen molar-refractivity contribution in [3.8, 4) is 0 Å². The van der Waals surface area contributed by atoms with E-state index in [9.17, 15) is 4.79 Å². The molecule has 6 heteroatoms. The van der Waals surface area contributed by atoms with E-state index in [1.807, 2.05) is 13.0 Å². The molecule has 0 aliphatic heterocycles. The van der Waals surface area contributed by atoms with Crippen LogP contribution in [0.1, 0.15) is 13.8 Å². The van der Waals surface area contributed by atoms with Crippen LogP contribution in [-0.4, -0.2) is 33.1 Å². The molecule has 0 aliphatic rings. The number of rotatable bonds is 4. The number of anilines is 1. The lowest BCUT2D eigenvalue weighted by Crippen LogP contribution is -2.37. The monoisotopic (exact) mass is 233 g/mol. The third-order valence-corrected chi connectivity index (χ3v) is 2.42. The van der Waals surface area contributed by atoms with E-state index < -0.39 is 0 Å². The molecule has 2 N–H and O–H groups in total. The van der Waals surface area contributed by atoms with Gasteiger partial charge in [-0.2, -0.15) is 5.10 Å². The number of carbonyl (C=O) groups is 1. The van der Waals surface area contributed by atoms with E-state index in [2.05, 4.69) is 20.7 Å². The molecule has 90 valence electrons. The molecule has 1 amide bonds. The van der Waals surface area contributed by atoms with Gasteiger partial charge in [-0.15, -0.1) is 0 Å². The minimum absolute atomic E-state index is 0.0455. The van der Waals surface area contributed by atoms with Crippen molar-refractivity contribution >= 4 is 17.2 Å². The molecule has 0 aliphatic carbocycles. The van der Waals surface area contributed by atoms with Crippen LogP contribution in [0.25, 0.3) is 5.52 Å². The second kappa shape index (κ2) is 4.82. The van der Waals surface area contributed by atoms with Crippen LogP contribution in [0.5, 0.6) is 0 Å². The SMILES string of the molecule is CCNC(=O)C(C)Nc1nccn2nccc12. The maximum absolute atomic E-state index is 11.6. The Bertz CT molecular complexity index is 521. The topological polar surface area (TPSA) is 71.3 Å². The lowest BCUT2D eigenvalue weighted by molar-refractivity contribution is -0.121. The van der Waals surface area contributed by atoms with Gasteiger partial charge < -0.3 is 10.6 Å². The zero-order chi connectivity index (χ0) is 12.3. The summed E-state index contributed by atoms with van der Waals surface area (Å²) in [5, 5.41) is 9.93. The van der Waals surface area contributed by atoms with Gasteiger partial charge in [-0.1, -0.05) is 0 Å². The van der Waals surface area contributed by atoms with Crippen molar-refractivity contribution in [3.63, 3.8) is 0 Å². The van der Waals surface area contributed by atoms with Crippen molar-refractivity contribution in [1.29, 1.82) is 0 Å². The predicted octanol–water partition coefficient (Wildman–Crippen LogP) is 0.666. The molecular formula is C11H15N5O. The molecule has 2 aromatic heterocycles. The Morgan fingerprint density at radius 2 is 2.35 bits per heavy atom. The third-order valence-electron chi connectivity index (χ3n) is 2.42. The maximum Gasteiger partial charge on any atom is 0.242 e. The van der Waals surface area contributed by atoms with Crippen LogP contribution < -0.4 is 10.6 Å². The van der Waals surface area contributed by atoms with Gasteiger partial charge in [0.2, 0.25) is 5.91 Å². The first-order valence-corrected chi connectivity index (χ1v) is 5.55. The Labute approximate surface area is 99.0 Å². The summed E-state index contributed by atoms with van der Waals surface area (Å²) in [7, 11) is 0. The average molecular weight is 233 g/mol. The molecule has 0 bridgehead atoms. The Balaban J connectivity index is 2.18. The number of hydrogen-bond acceptors (Lipinski definition) is 4. The molecule has 2 rings (SSSR count). The second-order valence-corrected chi connectivity index (χ2v) is 3.70. The first-order chi connectivity index (χ1) is 8.22. The summed E-state index contributed by atoms with van der Waals surface area (Å²) in [5.74, 6) is 0.611. The number of nitrogens with zero attached hydrogens (tertiary/aromatic N) is 3. The van der Waals surface area contributed by atoms with Crippen LogP contribution in [0.4, 0.5) is 5.82 Å². The zero-order valence-corrected chi connectivity index (χ0v) is 9.84. The number of nitrogens with one attached hydrogen (secondary N) is 2. The zero-order valence-electron chi connectivity index (χ0n) is 9.84. The molecule has 1 atom stereocenters. The van der Waals surface area contributed by atoms with Crippen LogP contribution in [-0.2, 0) is 4.79 Å². The number of fused-ring (bicyclic) bond motifs is 1. The van der Waals surface area contributed by atoms with E-state index in [1.54, 1.807) is 30.0 Å². The summed E-state index contributed by atoms with van der Waals surface area (Å²) in [5.41, 5.74) is 0.851. The molecule has 6 nitrogen and oxygen atoms in total. The minimum atomic E-state index is -0.330. The first kappa shape index (κ1) is 11.4. The fraction of sp³-hybridized carbons (Fsp3) is 0.364. The van der Waals surface area contributed by atoms with Gasteiger partial charge in [-0.05, 0) is 19.9 Å². The van der Waals surface area contributed by atoms with Crippen molar-refractivity contribution in [3.05, 3.63) is 24.7 Å². The van der Waals surface area contributed by atoms with Gasteiger partial charge in [0, 0.05) is 18.9 Å². The van der Waals surface area contributed by atoms with E-state index in [4.69, 9.17) is 0 Å². The molecule has 0 fully saturated rings. The summed E-state index contributed by atoms with van der Waals surface area (Å²) < 4.78 is 1.71. The number of aromatic nitrogens is 3. The summed E-state index contributed by atoms with van der Waals surface area (Å²) in [6.07, 6.45) is 5.10. The molecule has 17 heavy (non-hydrogen) atoms. The van der Waals surface area contributed by atoms with Gasteiger partial charge in [-0.3, -0.25) is 4.79 Å². The Morgan fingerprint density at radius 3 is 3.12 bits per heavy atom. The molecule has 0 spiro atoms. The Hall–Kier alpha value is -2.11. The van der Waals surface area contributed by atoms with Gasteiger partial charge in [0.25, 0.3) is 0 Å². The van der Waals surface area contributed by atoms with E-state index in [0.29, 0.717) is 12.4 Å². The highest BCUT2D eigenvalue weighted by Crippen LogP contribution is 2.13. The highest BCUT2D eigenvalue weighted by molar-refractivity contribution is 5.85.